The van der Waals surface area contributed by atoms with Gasteiger partial charge in [0.05, 0.1) is 15.7 Å². The molecule has 1 N–H and O–H groups in total. The maximum Gasteiger partial charge on any atom is 0.424 e. The van der Waals surface area contributed by atoms with Crippen molar-refractivity contribution < 1.29 is 46.5 Å². The molecule has 0 saturated carbocycles. The number of carbonyl (C=O) groups is 3. The molecule has 2 amide bonds. The molecule has 0 aliphatic heterocycles. The zero-order valence-electron chi connectivity index (χ0n) is 16.9. The van der Waals surface area contributed by atoms with Gasteiger partial charge < -0.3 is 14.6 Å². The molecule has 0 spiro atoms. The van der Waals surface area contributed by atoms with Crippen LogP contribution >= 0.6 is 15.9 Å². The lowest BCUT2D eigenvalue weighted by atomic mass is 10.1. The predicted octanol–water partition coefficient (Wildman–Crippen LogP) is 5.98. The second kappa shape index (κ2) is 8.40. The molecule has 0 fully saturated rings. The number of aromatic carboxylic acids is 1. The highest BCUT2D eigenvalue weighted by Gasteiger charge is 2.44. The van der Waals surface area contributed by atoms with Crippen molar-refractivity contribution in [2.24, 2.45) is 0 Å². The highest BCUT2D eigenvalue weighted by Crippen LogP contribution is 2.44. The number of halogens is 5. The first-order valence-corrected chi connectivity index (χ1v) is 9.14. The van der Waals surface area contributed by atoms with Gasteiger partial charge in [-0.25, -0.2) is 18.8 Å². The number of carbonyl (C=O) groups excluding carboxylic acids is 2. The molecule has 0 heterocycles. The Bertz CT molecular complexity index is 843. The van der Waals surface area contributed by atoms with Crippen molar-refractivity contribution in [3.63, 3.8) is 0 Å². The van der Waals surface area contributed by atoms with Crippen molar-refractivity contribution in [2.45, 2.75) is 58.9 Å². The first-order valence-electron chi connectivity index (χ1n) is 8.35. The lowest BCUT2D eigenvalue weighted by molar-refractivity contribution is -0.137. The number of nitrogens with zero attached hydrogens (tertiary/aromatic N) is 1. The number of anilines is 1. The monoisotopic (exact) mass is 501 g/mol. The quantitative estimate of drug-likeness (QED) is 0.500. The Labute approximate surface area is 178 Å². The van der Waals surface area contributed by atoms with Crippen molar-refractivity contribution in [3.8, 4) is 0 Å². The van der Waals surface area contributed by atoms with Crippen molar-refractivity contribution in [1.29, 1.82) is 0 Å². The SMILES string of the molecule is CC(C)(C)OC(=O)N(C(=O)OC(C)(C)C)c1c(C(F)(F)F)cc(F)c(C(=O)O)c1Br. The molecule has 0 bridgehead atoms. The van der Waals surface area contributed by atoms with E-state index in [0.29, 0.717) is 0 Å². The van der Waals surface area contributed by atoms with Gasteiger partial charge in [-0.15, -0.1) is 0 Å². The lowest BCUT2D eigenvalue weighted by Gasteiger charge is -2.30. The summed E-state index contributed by atoms with van der Waals surface area (Å²) in [4.78, 5) is 36.6. The van der Waals surface area contributed by atoms with Crippen LogP contribution in [0.3, 0.4) is 0 Å². The Morgan fingerprint density at radius 3 is 1.67 bits per heavy atom. The smallest absolute Gasteiger partial charge is 0.424 e. The largest absolute Gasteiger partial charge is 0.478 e. The van der Waals surface area contributed by atoms with E-state index in [0.717, 1.165) is 0 Å². The maximum atomic E-state index is 14.1. The number of alkyl halides is 3. The normalized spacial score (nSPS) is 12.4. The van der Waals surface area contributed by atoms with Crippen LogP contribution in [0.2, 0.25) is 0 Å². The fourth-order valence-corrected chi connectivity index (χ4v) is 2.86. The molecule has 1 rings (SSSR count). The summed E-state index contributed by atoms with van der Waals surface area (Å²) in [6.45, 7) is 8.36. The summed E-state index contributed by atoms with van der Waals surface area (Å²) in [5, 5.41) is 9.19. The van der Waals surface area contributed by atoms with E-state index in [1.54, 1.807) is 0 Å². The number of ether oxygens (including phenoxy) is 2. The second-order valence-electron chi connectivity index (χ2n) is 8.04. The van der Waals surface area contributed by atoms with Crippen molar-refractivity contribution in [3.05, 3.63) is 27.5 Å². The third-order valence-corrected chi connectivity index (χ3v) is 3.86. The number of carboxylic acids is 1. The van der Waals surface area contributed by atoms with E-state index < -0.39 is 62.6 Å². The number of hydrogen-bond acceptors (Lipinski definition) is 5. The van der Waals surface area contributed by atoms with E-state index in [4.69, 9.17) is 9.47 Å². The minimum absolute atomic E-state index is 0.116. The zero-order chi connectivity index (χ0) is 23.8. The van der Waals surface area contributed by atoms with Crippen LogP contribution in [0.4, 0.5) is 32.8 Å². The molecule has 0 radical (unpaired) electrons. The molecule has 0 saturated heterocycles. The van der Waals surface area contributed by atoms with Crippen molar-refractivity contribution in [2.75, 3.05) is 4.90 Å². The molecule has 168 valence electrons. The van der Waals surface area contributed by atoms with Crippen LogP contribution in [0.1, 0.15) is 57.5 Å². The summed E-state index contributed by atoms with van der Waals surface area (Å²) in [6, 6.07) is -0.120. The molecule has 0 aliphatic carbocycles. The Morgan fingerprint density at radius 1 is 0.967 bits per heavy atom. The van der Waals surface area contributed by atoms with E-state index in [9.17, 15) is 37.1 Å². The molecule has 0 aromatic heterocycles. The lowest BCUT2D eigenvalue weighted by Crippen LogP contribution is -2.45. The molecule has 12 heteroatoms. The van der Waals surface area contributed by atoms with Crippen LogP contribution in [0.25, 0.3) is 0 Å². The molecule has 1 aromatic carbocycles. The van der Waals surface area contributed by atoms with Gasteiger partial charge in [0.25, 0.3) is 0 Å². The van der Waals surface area contributed by atoms with E-state index >= 15 is 0 Å². The average molecular weight is 502 g/mol. The molecule has 1 aromatic rings. The van der Waals surface area contributed by atoms with Crippen LogP contribution in [-0.4, -0.2) is 34.5 Å². The van der Waals surface area contributed by atoms with Gasteiger partial charge in [-0.05, 0) is 63.5 Å². The highest BCUT2D eigenvalue weighted by atomic mass is 79.9. The third kappa shape index (κ3) is 6.31. The van der Waals surface area contributed by atoms with Crippen LogP contribution < -0.4 is 4.90 Å². The Hall–Kier alpha value is -2.37. The molecule has 0 aliphatic rings. The number of amides is 2. The van der Waals surface area contributed by atoms with Crippen LogP contribution in [0, 0.1) is 5.82 Å². The highest BCUT2D eigenvalue weighted by molar-refractivity contribution is 9.10. The maximum absolute atomic E-state index is 14.1. The van der Waals surface area contributed by atoms with Crippen LogP contribution in [0.5, 0.6) is 0 Å². The van der Waals surface area contributed by atoms with E-state index in [1.807, 2.05) is 0 Å². The Morgan fingerprint density at radius 2 is 1.37 bits per heavy atom. The third-order valence-electron chi connectivity index (χ3n) is 3.09. The molecule has 0 unspecified atom stereocenters. The summed E-state index contributed by atoms with van der Waals surface area (Å²) >= 11 is 2.59. The van der Waals surface area contributed by atoms with Crippen molar-refractivity contribution >= 4 is 39.8 Å². The summed E-state index contributed by atoms with van der Waals surface area (Å²) in [5.74, 6) is -3.65. The molecular formula is C18H20BrF4NO6. The molecule has 0 atom stereocenters. The minimum Gasteiger partial charge on any atom is -0.478 e. The van der Waals surface area contributed by atoms with E-state index in [1.165, 1.54) is 41.5 Å². The van der Waals surface area contributed by atoms with Crippen LogP contribution in [0.15, 0.2) is 10.5 Å². The number of imide groups is 1. The molecule has 7 nitrogen and oxygen atoms in total. The summed E-state index contributed by atoms with van der Waals surface area (Å²) < 4.78 is 64.0. The summed E-state index contributed by atoms with van der Waals surface area (Å²) in [6.07, 6.45) is -8.42. The van der Waals surface area contributed by atoms with Gasteiger partial charge in [0, 0.05) is 0 Å². The van der Waals surface area contributed by atoms with Crippen LogP contribution in [-0.2, 0) is 15.7 Å². The van der Waals surface area contributed by atoms with Gasteiger partial charge in [-0.2, -0.15) is 18.1 Å². The fourth-order valence-electron chi connectivity index (χ4n) is 2.11. The number of carboxylic acid groups (broad SMARTS) is 1. The summed E-state index contributed by atoms with van der Waals surface area (Å²) in [5.41, 5.74) is -6.75. The van der Waals surface area contributed by atoms with Gasteiger partial charge in [-0.1, -0.05) is 0 Å². The van der Waals surface area contributed by atoms with E-state index in [-0.39, 0.29) is 11.0 Å². The predicted molar refractivity (Wildman–Crippen MR) is 101 cm³/mol. The Kier molecular flexibility index (Phi) is 7.19. The van der Waals surface area contributed by atoms with Crippen molar-refractivity contribution in [1.82, 2.24) is 0 Å². The number of hydrogen-bond donors (Lipinski definition) is 1. The van der Waals surface area contributed by atoms with Gasteiger partial charge in [0.2, 0.25) is 0 Å². The number of rotatable bonds is 2. The fraction of sp³-hybridized carbons (Fsp3) is 0.500. The summed E-state index contributed by atoms with van der Waals surface area (Å²) in [7, 11) is 0. The molecular weight excluding hydrogens is 482 g/mol. The molecule has 30 heavy (non-hydrogen) atoms. The Balaban J connectivity index is 3.93. The standard InChI is InChI=1S/C18H20BrF4NO6/c1-16(2,3)29-14(27)24(15(28)30-17(4,5)6)12-8(18(21,22)23)7-9(20)10(11(12)19)13(25)26/h7H,1-6H3,(H,25,26). The van der Waals surface area contributed by atoms with Gasteiger partial charge in [0.15, 0.2) is 0 Å². The van der Waals surface area contributed by atoms with Gasteiger partial charge in [0.1, 0.15) is 22.6 Å². The van der Waals surface area contributed by atoms with Gasteiger partial charge >= 0.3 is 24.3 Å². The second-order valence-corrected chi connectivity index (χ2v) is 8.84. The van der Waals surface area contributed by atoms with E-state index in [2.05, 4.69) is 15.9 Å². The van der Waals surface area contributed by atoms with Gasteiger partial charge in [-0.3, -0.25) is 0 Å². The number of benzene rings is 1. The minimum atomic E-state index is -5.27. The first-order chi connectivity index (χ1) is 13.3. The zero-order valence-corrected chi connectivity index (χ0v) is 18.5. The average Bonchev–Trinajstić information content (AvgIpc) is 2.44. The first kappa shape index (κ1) is 25.7. The topological polar surface area (TPSA) is 93.1 Å².